The molecule has 0 aliphatic heterocycles. The lowest BCUT2D eigenvalue weighted by atomic mass is 10.2. The molecule has 1 aromatic heterocycles. The van der Waals surface area contributed by atoms with Gasteiger partial charge in [0.1, 0.15) is 5.76 Å². The molecule has 0 bridgehead atoms. The van der Waals surface area contributed by atoms with E-state index < -0.39 is 0 Å². The summed E-state index contributed by atoms with van der Waals surface area (Å²) in [5, 5.41) is 4.17. The molecule has 1 rings (SSSR count). The molecular weight excluding hydrogens is 194 g/mol. The molecule has 2 atom stereocenters. The van der Waals surface area contributed by atoms with Crippen LogP contribution < -0.4 is 5.32 Å². The van der Waals surface area contributed by atoms with Crippen LogP contribution in [0.4, 0.5) is 0 Å². The van der Waals surface area contributed by atoms with Crippen LogP contribution >= 0.6 is 11.8 Å². The first-order valence-corrected chi connectivity index (χ1v) is 6.29. The van der Waals surface area contributed by atoms with Gasteiger partial charge in [-0.05, 0) is 25.3 Å². The lowest BCUT2D eigenvalue weighted by molar-refractivity contribution is 0.458. The highest BCUT2D eigenvalue weighted by Crippen LogP contribution is 2.06. The molecule has 0 radical (unpaired) electrons. The van der Waals surface area contributed by atoms with E-state index in [9.17, 15) is 0 Å². The van der Waals surface area contributed by atoms with E-state index in [1.54, 1.807) is 6.26 Å². The van der Waals surface area contributed by atoms with Crippen molar-refractivity contribution in [3.05, 3.63) is 24.2 Å². The van der Waals surface area contributed by atoms with Gasteiger partial charge in [-0.25, -0.2) is 0 Å². The van der Waals surface area contributed by atoms with E-state index in [1.165, 1.54) is 0 Å². The molecule has 3 heteroatoms. The zero-order valence-corrected chi connectivity index (χ0v) is 9.93. The summed E-state index contributed by atoms with van der Waals surface area (Å²) in [6, 6.07) is 4.44. The summed E-state index contributed by atoms with van der Waals surface area (Å²) < 4.78 is 5.29. The van der Waals surface area contributed by atoms with Crippen molar-refractivity contribution in [2.45, 2.75) is 31.6 Å². The molecule has 1 aromatic rings. The van der Waals surface area contributed by atoms with Crippen molar-refractivity contribution >= 4 is 11.8 Å². The Bertz CT molecular complexity index is 235. The molecule has 1 N–H and O–H groups in total. The molecule has 0 saturated carbocycles. The van der Waals surface area contributed by atoms with Crippen LogP contribution in [0.5, 0.6) is 0 Å². The molecular formula is C11H19NOS. The van der Waals surface area contributed by atoms with Crippen LogP contribution in [0.1, 0.15) is 19.6 Å². The minimum absolute atomic E-state index is 0.482. The fourth-order valence-electron chi connectivity index (χ4n) is 1.25. The van der Waals surface area contributed by atoms with Crippen molar-refractivity contribution in [1.82, 2.24) is 5.32 Å². The Kier molecular flexibility index (Phi) is 5.12. The molecule has 0 spiro atoms. The Hall–Kier alpha value is -0.410. The van der Waals surface area contributed by atoms with Crippen LogP contribution in [0.2, 0.25) is 0 Å². The first kappa shape index (κ1) is 11.7. The summed E-state index contributed by atoms with van der Waals surface area (Å²) in [6.45, 7) is 5.48. The number of rotatable bonds is 6. The van der Waals surface area contributed by atoms with Crippen molar-refractivity contribution in [3.63, 3.8) is 0 Å². The Balaban J connectivity index is 2.19. The monoisotopic (exact) mass is 213 g/mol. The van der Waals surface area contributed by atoms with E-state index in [2.05, 4.69) is 25.4 Å². The molecule has 0 saturated heterocycles. The zero-order chi connectivity index (χ0) is 10.4. The minimum atomic E-state index is 0.482. The Morgan fingerprint density at radius 3 is 2.86 bits per heavy atom. The summed E-state index contributed by atoms with van der Waals surface area (Å²) in [5.41, 5.74) is 0. The highest BCUT2D eigenvalue weighted by molar-refractivity contribution is 7.99. The van der Waals surface area contributed by atoms with Gasteiger partial charge in [0.15, 0.2) is 0 Å². The Morgan fingerprint density at radius 2 is 2.29 bits per heavy atom. The van der Waals surface area contributed by atoms with E-state index in [-0.39, 0.29) is 0 Å². The van der Waals surface area contributed by atoms with Crippen molar-refractivity contribution in [2.75, 3.05) is 12.8 Å². The van der Waals surface area contributed by atoms with Crippen LogP contribution in [0.3, 0.4) is 0 Å². The van der Waals surface area contributed by atoms with Gasteiger partial charge in [0, 0.05) is 24.3 Å². The lowest BCUT2D eigenvalue weighted by Crippen LogP contribution is -2.32. The van der Waals surface area contributed by atoms with Gasteiger partial charge in [0.2, 0.25) is 0 Å². The second-order valence-corrected chi connectivity index (χ2v) is 4.92. The van der Waals surface area contributed by atoms with Crippen molar-refractivity contribution in [3.8, 4) is 0 Å². The SMILES string of the molecule is CSC(C)CNC(C)Cc1ccco1. The molecule has 0 aromatic carbocycles. The summed E-state index contributed by atoms with van der Waals surface area (Å²) >= 11 is 1.89. The topological polar surface area (TPSA) is 25.2 Å². The van der Waals surface area contributed by atoms with Gasteiger partial charge < -0.3 is 9.73 Å². The average molecular weight is 213 g/mol. The fraction of sp³-hybridized carbons (Fsp3) is 0.636. The number of nitrogens with one attached hydrogen (secondary N) is 1. The molecule has 1 heterocycles. The van der Waals surface area contributed by atoms with E-state index >= 15 is 0 Å². The third kappa shape index (κ3) is 4.20. The van der Waals surface area contributed by atoms with E-state index in [1.807, 2.05) is 23.9 Å². The van der Waals surface area contributed by atoms with Crippen LogP contribution in [0.25, 0.3) is 0 Å². The maximum atomic E-state index is 5.29. The van der Waals surface area contributed by atoms with Crippen molar-refractivity contribution in [2.24, 2.45) is 0 Å². The second kappa shape index (κ2) is 6.14. The molecule has 2 unspecified atom stereocenters. The maximum Gasteiger partial charge on any atom is 0.105 e. The molecule has 2 nitrogen and oxygen atoms in total. The first-order chi connectivity index (χ1) is 6.72. The zero-order valence-electron chi connectivity index (χ0n) is 9.12. The van der Waals surface area contributed by atoms with Crippen molar-refractivity contribution in [1.29, 1.82) is 0 Å². The molecule has 0 amide bonds. The normalized spacial score (nSPS) is 15.4. The molecule has 0 aliphatic carbocycles. The van der Waals surface area contributed by atoms with Crippen molar-refractivity contribution < 1.29 is 4.42 Å². The van der Waals surface area contributed by atoms with Crippen LogP contribution in [-0.4, -0.2) is 24.1 Å². The van der Waals surface area contributed by atoms with Gasteiger partial charge in [0.05, 0.1) is 6.26 Å². The lowest BCUT2D eigenvalue weighted by Gasteiger charge is -2.15. The molecule has 0 aliphatic rings. The first-order valence-electron chi connectivity index (χ1n) is 5.01. The largest absolute Gasteiger partial charge is 0.469 e. The smallest absolute Gasteiger partial charge is 0.105 e. The summed E-state index contributed by atoms with van der Waals surface area (Å²) in [6.07, 6.45) is 4.84. The number of hydrogen-bond acceptors (Lipinski definition) is 3. The predicted octanol–water partition coefficient (Wildman–Crippen LogP) is 2.55. The highest BCUT2D eigenvalue weighted by atomic mass is 32.2. The predicted molar refractivity (Wildman–Crippen MR) is 62.9 cm³/mol. The number of hydrogen-bond donors (Lipinski definition) is 1. The molecule has 80 valence electrons. The minimum Gasteiger partial charge on any atom is -0.469 e. The van der Waals surface area contributed by atoms with Gasteiger partial charge in [-0.15, -0.1) is 0 Å². The van der Waals surface area contributed by atoms with E-state index in [0.29, 0.717) is 11.3 Å². The van der Waals surface area contributed by atoms with Gasteiger partial charge >= 0.3 is 0 Å². The second-order valence-electron chi connectivity index (χ2n) is 3.64. The summed E-state index contributed by atoms with van der Waals surface area (Å²) in [4.78, 5) is 0. The fourth-order valence-corrected chi connectivity index (χ4v) is 1.52. The van der Waals surface area contributed by atoms with Gasteiger partial charge in [-0.2, -0.15) is 11.8 Å². The highest BCUT2D eigenvalue weighted by Gasteiger charge is 2.06. The third-order valence-electron chi connectivity index (χ3n) is 2.24. The summed E-state index contributed by atoms with van der Waals surface area (Å²) in [5.74, 6) is 1.06. The number of furan rings is 1. The molecule has 0 fully saturated rings. The Labute approximate surface area is 90.5 Å². The standard InChI is InChI=1S/C11H19NOS/c1-9(12-8-10(2)14-3)7-11-5-4-6-13-11/h4-6,9-10,12H,7-8H2,1-3H3. The van der Waals surface area contributed by atoms with Crippen LogP contribution in [0, 0.1) is 0 Å². The summed E-state index contributed by atoms with van der Waals surface area (Å²) in [7, 11) is 0. The van der Waals surface area contributed by atoms with E-state index in [4.69, 9.17) is 4.42 Å². The van der Waals surface area contributed by atoms with E-state index in [0.717, 1.165) is 18.7 Å². The molecule has 14 heavy (non-hydrogen) atoms. The Morgan fingerprint density at radius 1 is 1.50 bits per heavy atom. The third-order valence-corrected chi connectivity index (χ3v) is 3.22. The van der Waals surface area contributed by atoms with Gasteiger partial charge in [-0.3, -0.25) is 0 Å². The van der Waals surface area contributed by atoms with Crippen LogP contribution in [0.15, 0.2) is 22.8 Å². The average Bonchev–Trinajstić information content (AvgIpc) is 2.66. The van der Waals surface area contributed by atoms with Gasteiger partial charge in [0.25, 0.3) is 0 Å². The maximum absolute atomic E-state index is 5.29. The van der Waals surface area contributed by atoms with Gasteiger partial charge in [-0.1, -0.05) is 6.92 Å². The quantitative estimate of drug-likeness (QED) is 0.786. The number of thioether (sulfide) groups is 1. The van der Waals surface area contributed by atoms with Crippen LogP contribution in [-0.2, 0) is 6.42 Å².